The van der Waals surface area contributed by atoms with Crippen molar-refractivity contribution in [3.8, 4) is 0 Å². The summed E-state index contributed by atoms with van der Waals surface area (Å²) < 4.78 is 24.6. The minimum atomic E-state index is -0.265. The van der Waals surface area contributed by atoms with Crippen molar-refractivity contribution in [3.05, 3.63) is 29.6 Å². The van der Waals surface area contributed by atoms with Gasteiger partial charge in [0.05, 0.1) is 18.9 Å². The summed E-state index contributed by atoms with van der Waals surface area (Å²) in [5, 5.41) is 0. The van der Waals surface area contributed by atoms with Crippen LogP contribution in [-0.4, -0.2) is 40.0 Å². The van der Waals surface area contributed by atoms with E-state index < -0.39 is 0 Å². The van der Waals surface area contributed by atoms with E-state index in [2.05, 4.69) is 0 Å². The zero-order chi connectivity index (χ0) is 15.1. The minimum absolute atomic E-state index is 0.0320. The molecule has 1 unspecified atom stereocenters. The highest BCUT2D eigenvalue weighted by Gasteiger charge is 2.22. The molecule has 0 saturated carbocycles. The van der Waals surface area contributed by atoms with E-state index in [0.717, 1.165) is 5.56 Å². The minimum Gasteiger partial charge on any atom is -0.383 e. The Hall–Kier alpha value is -1.17. The summed E-state index contributed by atoms with van der Waals surface area (Å²) in [4.78, 5) is 1.96. The van der Waals surface area contributed by atoms with Gasteiger partial charge in [-0.15, -0.1) is 0 Å². The molecule has 0 bridgehead atoms. The largest absolute Gasteiger partial charge is 0.383 e. The second-order valence-electron chi connectivity index (χ2n) is 4.96. The molecule has 1 rings (SSSR count). The third kappa shape index (κ3) is 4.16. The molecule has 0 amide bonds. The van der Waals surface area contributed by atoms with Crippen LogP contribution in [0.3, 0.4) is 0 Å². The van der Waals surface area contributed by atoms with E-state index in [1.807, 2.05) is 24.8 Å². The molecular weight excluding hydrogens is 259 g/mol. The molecule has 4 nitrogen and oxygen atoms in total. The van der Waals surface area contributed by atoms with Crippen LogP contribution in [0.25, 0.3) is 0 Å². The fraction of sp³-hybridized carbons (Fsp3) is 0.600. The van der Waals surface area contributed by atoms with E-state index in [4.69, 9.17) is 15.2 Å². The third-order valence-corrected chi connectivity index (χ3v) is 3.27. The zero-order valence-electron chi connectivity index (χ0n) is 12.7. The molecule has 0 aliphatic heterocycles. The number of rotatable bonds is 8. The van der Waals surface area contributed by atoms with Crippen LogP contribution in [0.1, 0.15) is 25.5 Å². The normalized spacial score (nSPS) is 14.1. The summed E-state index contributed by atoms with van der Waals surface area (Å²) in [6, 6.07) is 4.81. The van der Waals surface area contributed by atoms with Crippen LogP contribution in [0.4, 0.5) is 10.1 Å². The Morgan fingerprint density at radius 3 is 2.50 bits per heavy atom. The maximum absolute atomic E-state index is 14.3. The van der Waals surface area contributed by atoms with Crippen LogP contribution in [0.5, 0.6) is 0 Å². The van der Waals surface area contributed by atoms with Gasteiger partial charge in [-0.2, -0.15) is 0 Å². The molecule has 0 heterocycles. The van der Waals surface area contributed by atoms with Crippen molar-refractivity contribution < 1.29 is 13.9 Å². The van der Waals surface area contributed by atoms with Crippen molar-refractivity contribution >= 4 is 5.69 Å². The maximum atomic E-state index is 14.3. The molecule has 0 aliphatic rings. The fourth-order valence-electron chi connectivity index (χ4n) is 2.28. The highest BCUT2D eigenvalue weighted by atomic mass is 19.1. The maximum Gasteiger partial charge on any atom is 0.146 e. The first-order valence-electron chi connectivity index (χ1n) is 6.81. The number of benzene rings is 1. The van der Waals surface area contributed by atoms with Crippen molar-refractivity contribution in [3.63, 3.8) is 0 Å². The van der Waals surface area contributed by atoms with Crippen LogP contribution in [-0.2, 0) is 9.47 Å². The van der Waals surface area contributed by atoms with E-state index in [1.54, 1.807) is 20.3 Å². The highest BCUT2D eigenvalue weighted by molar-refractivity contribution is 5.57. The second kappa shape index (κ2) is 8.19. The molecule has 1 aromatic rings. The molecule has 5 heteroatoms. The quantitative estimate of drug-likeness (QED) is 0.796. The van der Waals surface area contributed by atoms with E-state index >= 15 is 0 Å². The van der Waals surface area contributed by atoms with Crippen LogP contribution in [0.2, 0.25) is 0 Å². The molecule has 1 aromatic carbocycles. The average molecular weight is 284 g/mol. The number of hydrogen-bond donors (Lipinski definition) is 1. The smallest absolute Gasteiger partial charge is 0.146 e. The lowest BCUT2D eigenvalue weighted by Crippen LogP contribution is -2.40. The van der Waals surface area contributed by atoms with Crippen molar-refractivity contribution in [2.45, 2.75) is 25.9 Å². The van der Waals surface area contributed by atoms with Gasteiger partial charge in [-0.25, -0.2) is 4.39 Å². The SMILES string of the molecule is COCCN(c1c(F)cccc1[C@H](C)N)C(C)COC. The first-order chi connectivity index (χ1) is 9.52. The van der Waals surface area contributed by atoms with Gasteiger partial charge in [0.1, 0.15) is 5.82 Å². The lowest BCUT2D eigenvalue weighted by Gasteiger charge is -2.33. The number of hydrogen-bond acceptors (Lipinski definition) is 4. The Morgan fingerprint density at radius 1 is 1.25 bits per heavy atom. The number of ether oxygens (including phenoxy) is 2. The van der Waals surface area contributed by atoms with Crippen molar-refractivity contribution in [1.29, 1.82) is 0 Å². The molecule has 114 valence electrons. The molecule has 2 atom stereocenters. The van der Waals surface area contributed by atoms with Gasteiger partial charge < -0.3 is 20.1 Å². The summed E-state index contributed by atoms with van der Waals surface area (Å²) >= 11 is 0. The predicted molar refractivity (Wildman–Crippen MR) is 79.6 cm³/mol. The first-order valence-corrected chi connectivity index (χ1v) is 6.81. The molecule has 0 saturated heterocycles. The average Bonchev–Trinajstić information content (AvgIpc) is 2.40. The van der Waals surface area contributed by atoms with Crippen LogP contribution in [0, 0.1) is 5.82 Å². The molecule has 0 aliphatic carbocycles. The van der Waals surface area contributed by atoms with Gasteiger partial charge in [-0.1, -0.05) is 12.1 Å². The Labute approximate surface area is 120 Å². The van der Waals surface area contributed by atoms with Crippen molar-refractivity contribution in [2.75, 3.05) is 38.9 Å². The lowest BCUT2D eigenvalue weighted by atomic mass is 10.0. The molecular formula is C15H25FN2O2. The number of nitrogens with zero attached hydrogens (tertiary/aromatic N) is 1. The number of anilines is 1. The van der Waals surface area contributed by atoms with Crippen molar-refractivity contribution in [1.82, 2.24) is 0 Å². The molecule has 0 fully saturated rings. The summed E-state index contributed by atoms with van der Waals surface area (Å²) in [6.07, 6.45) is 0. The van der Waals surface area contributed by atoms with Gasteiger partial charge in [0.25, 0.3) is 0 Å². The van der Waals surface area contributed by atoms with E-state index in [-0.39, 0.29) is 17.9 Å². The van der Waals surface area contributed by atoms with Crippen LogP contribution in [0.15, 0.2) is 18.2 Å². The van der Waals surface area contributed by atoms with Gasteiger partial charge in [0.15, 0.2) is 0 Å². The molecule has 0 radical (unpaired) electrons. The highest BCUT2D eigenvalue weighted by Crippen LogP contribution is 2.29. The molecule has 2 N–H and O–H groups in total. The topological polar surface area (TPSA) is 47.7 Å². The predicted octanol–water partition coefficient (Wildman–Crippen LogP) is 2.33. The Morgan fingerprint density at radius 2 is 1.95 bits per heavy atom. The number of para-hydroxylation sites is 1. The lowest BCUT2D eigenvalue weighted by molar-refractivity contribution is 0.170. The fourth-order valence-corrected chi connectivity index (χ4v) is 2.28. The van der Waals surface area contributed by atoms with Crippen molar-refractivity contribution in [2.24, 2.45) is 5.73 Å². The van der Waals surface area contributed by atoms with Gasteiger partial charge in [0, 0.05) is 32.8 Å². The molecule has 0 aromatic heterocycles. The number of methoxy groups -OCH3 is 2. The molecule has 0 spiro atoms. The van der Waals surface area contributed by atoms with Gasteiger partial charge in [0.2, 0.25) is 0 Å². The van der Waals surface area contributed by atoms with Crippen LogP contribution < -0.4 is 10.6 Å². The summed E-state index contributed by atoms with van der Waals surface area (Å²) in [5.74, 6) is -0.265. The summed E-state index contributed by atoms with van der Waals surface area (Å²) in [6.45, 7) is 5.46. The third-order valence-electron chi connectivity index (χ3n) is 3.27. The standard InChI is InChI=1S/C15H25FN2O2/c1-11(10-20-4)18(8-9-19-3)15-13(12(2)17)6-5-7-14(15)16/h5-7,11-12H,8-10,17H2,1-4H3/t11?,12-/m0/s1. The molecule has 20 heavy (non-hydrogen) atoms. The Balaban J connectivity index is 3.17. The number of halogens is 1. The van der Waals surface area contributed by atoms with Gasteiger partial charge in [-0.3, -0.25) is 0 Å². The van der Waals surface area contributed by atoms with Gasteiger partial charge in [-0.05, 0) is 25.5 Å². The monoisotopic (exact) mass is 284 g/mol. The van der Waals surface area contributed by atoms with E-state index in [1.165, 1.54) is 6.07 Å². The summed E-state index contributed by atoms with van der Waals surface area (Å²) in [5.41, 5.74) is 7.31. The Kier molecular flexibility index (Phi) is 6.91. The summed E-state index contributed by atoms with van der Waals surface area (Å²) in [7, 11) is 3.27. The zero-order valence-corrected chi connectivity index (χ0v) is 12.7. The Bertz CT molecular complexity index is 413. The van der Waals surface area contributed by atoms with E-state index in [0.29, 0.717) is 25.4 Å². The van der Waals surface area contributed by atoms with Crippen LogP contribution >= 0.6 is 0 Å². The van der Waals surface area contributed by atoms with Gasteiger partial charge >= 0.3 is 0 Å². The second-order valence-corrected chi connectivity index (χ2v) is 4.96. The number of nitrogens with two attached hydrogens (primary N) is 1. The first kappa shape index (κ1) is 16.9. The van der Waals surface area contributed by atoms with E-state index in [9.17, 15) is 4.39 Å².